The average molecular weight is 323 g/mol. The molecule has 7 heteroatoms. The third-order valence-electron chi connectivity index (χ3n) is 2.95. The standard InChI is InChI=1S/C16H12F3NO3/c1-9-2-3-10(6-13(9)18)16(22)23-8-15(21)20-11-4-5-12(17)14(19)7-11/h2-7H,8H2,1H3,(H,20,21). The van der Waals surface area contributed by atoms with Crippen molar-refractivity contribution in [3.63, 3.8) is 0 Å². The number of benzene rings is 2. The molecular formula is C16H12F3NO3. The van der Waals surface area contributed by atoms with Gasteiger partial charge in [0.15, 0.2) is 18.2 Å². The molecule has 0 saturated heterocycles. The summed E-state index contributed by atoms with van der Waals surface area (Å²) in [4.78, 5) is 23.3. The van der Waals surface area contributed by atoms with Crippen LogP contribution in [0.25, 0.3) is 0 Å². The lowest BCUT2D eigenvalue weighted by Crippen LogP contribution is -2.21. The van der Waals surface area contributed by atoms with Gasteiger partial charge in [0, 0.05) is 11.8 Å². The summed E-state index contributed by atoms with van der Waals surface area (Å²) in [5.41, 5.74) is 0.359. The van der Waals surface area contributed by atoms with Crippen LogP contribution in [0.15, 0.2) is 36.4 Å². The predicted molar refractivity (Wildman–Crippen MR) is 76.4 cm³/mol. The van der Waals surface area contributed by atoms with Crippen LogP contribution in [0.2, 0.25) is 0 Å². The molecule has 0 spiro atoms. The number of amides is 1. The van der Waals surface area contributed by atoms with Gasteiger partial charge in [0.1, 0.15) is 5.82 Å². The normalized spacial score (nSPS) is 10.3. The van der Waals surface area contributed by atoms with Crippen LogP contribution >= 0.6 is 0 Å². The van der Waals surface area contributed by atoms with Crippen LogP contribution in [0.1, 0.15) is 15.9 Å². The molecule has 0 saturated carbocycles. The highest BCUT2D eigenvalue weighted by Crippen LogP contribution is 2.13. The Balaban J connectivity index is 1.91. The van der Waals surface area contributed by atoms with E-state index in [-0.39, 0.29) is 11.3 Å². The van der Waals surface area contributed by atoms with Gasteiger partial charge < -0.3 is 10.1 Å². The molecule has 2 aromatic rings. The summed E-state index contributed by atoms with van der Waals surface area (Å²) >= 11 is 0. The molecule has 0 aliphatic rings. The van der Waals surface area contributed by atoms with Crippen LogP contribution in [0.3, 0.4) is 0 Å². The van der Waals surface area contributed by atoms with Crippen LogP contribution < -0.4 is 5.32 Å². The predicted octanol–water partition coefficient (Wildman–Crippen LogP) is 3.21. The zero-order valence-corrected chi connectivity index (χ0v) is 12.0. The summed E-state index contributed by atoms with van der Waals surface area (Å²) in [7, 11) is 0. The number of aryl methyl sites for hydroxylation is 1. The highest BCUT2D eigenvalue weighted by molar-refractivity contribution is 5.95. The second kappa shape index (κ2) is 6.95. The van der Waals surface area contributed by atoms with Crippen molar-refractivity contribution < 1.29 is 27.5 Å². The molecule has 0 aliphatic heterocycles. The lowest BCUT2D eigenvalue weighted by Gasteiger charge is -2.07. The second-order valence-electron chi connectivity index (χ2n) is 4.72. The van der Waals surface area contributed by atoms with Crippen LogP contribution in [-0.2, 0) is 9.53 Å². The van der Waals surface area contributed by atoms with E-state index in [1.54, 1.807) is 6.92 Å². The summed E-state index contributed by atoms with van der Waals surface area (Å²) < 4.78 is 43.8. The molecule has 0 heterocycles. The van der Waals surface area contributed by atoms with Crippen molar-refractivity contribution in [1.29, 1.82) is 0 Å². The van der Waals surface area contributed by atoms with E-state index in [9.17, 15) is 22.8 Å². The Bertz CT molecular complexity index is 762. The van der Waals surface area contributed by atoms with Gasteiger partial charge in [-0.3, -0.25) is 4.79 Å². The van der Waals surface area contributed by atoms with E-state index >= 15 is 0 Å². The molecule has 1 N–H and O–H groups in total. The highest BCUT2D eigenvalue weighted by atomic mass is 19.2. The van der Waals surface area contributed by atoms with Gasteiger partial charge in [-0.2, -0.15) is 0 Å². The Morgan fingerprint density at radius 2 is 1.74 bits per heavy atom. The van der Waals surface area contributed by atoms with E-state index in [0.29, 0.717) is 5.56 Å². The third kappa shape index (κ3) is 4.32. The van der Waals surface area contributed by atoms with Gasteiger partial charge in [-0.1, -0.05) is 6.07 Å². The second-order valence-corrected chi connectivity index (χ2v) is 4.72. The summed E-state index contributed by atoms with van der Waals surface area (Å²) in [5.74, 6) is -4.34. The zero-order chi connectivity index (χ0) is 17.0. The SMILES string of the molecule is Cc1ccc(C(=O)OCC(=O)Nc2ccc(F)c(F)c2)cc1F. The Labute approximate surface area is 129 Å². The summed E-state index contributed by atoms with van der Waals surface area (Å²) in [6, 6.07) is 6.59. The Morgan fingerprint density at radius 1 is 1.00 bits per heavy atom. The molecule has 2 aromatic carbocycles. The maximum Gasteiger partial charge on any atom is 0.338 e. The third-order valence-corrected chi connectivity index (χ3v) is 2.95. The van der Waals surface area contributed by atoms with E-state index < -0.39 is 35.9 Å². The summed E-state index contributed by atoms with van der Waals surface area (Å²) in [6.45, 7) is 0.896. The number of carbonyl (C=O) groups excluding carboxylic acids is 2. The minimum Gasteiger partial charge on any atom is -0.452 e. The minimum atomic E-state index is -1.12. The molecule has 120 valence electrons. The fourth-order valence-corrected chi connectivity index (χ4v) is 1.71. The van der Waals surface area contributed by atoms with Crippen LogP contribution in [-0.4, -0.2) is 18.5 Å². The molecule has 0 aromatic heterocycles. The molecular weight excluding hydrogens is 311 g/mol. The highest BCUT2D eigenvalue weighted by Gasteiger charge is 2.12. The molecule has 23 heavy (non-hydrogen) atoms. The van der Waals surface area contributed by atoms with Crippen molar-refractivity contribution >= 4 is 17.6 Å². The molecule has 0 aliphatic carbocycles. The number of nitrogens with one attached hydrogen (secondary N) is 1. The maximum absolute atomic E-state index is 13.3. The van der Waals surface area contributed by atoms with E-state index in [1.807, 2.05) is 0 Å². The molecule has 2 rings (SSSR count). The smallest absolute Gasteiger partial charge is 0.338 e. The zero-order valence-electron chi connectivity index (χ0n) is 12.0. The number of hydrogen-bond donors (Lipinski definition) is 1. The van der Waals surface area contributed by atoms with Crippen molar-refractivity contribution in [3.8, 4) is 0 Å². The van der Waals surface area contributed by atoms with Crippen molar-refractivity contribution in [3.05, 3.63) is 65.0 Å². The fraction of sp³-hybridized carbons (Fsp3) is 0.125. The van der Waals surface area contributed by atoms with Gasteiger partial charge in [0.25, 0.3) is 5.91 Å². The maximum atomic E-state index is 13.3. The number of rotatable bonds is 4. The van der Waals surface area contributed by atoms with Crippen molar-refractivity contribution in [1.82, 2.24) is 0 Å². The fourth-order valence-electron chi connectivity index (χ4n) is 1.71. The van der Waals surface area contributed by atoms with Crippen LogP contribution in [0.5, 0.6) is 0 Å². The largest absolute Gasteiger partial charge is 0.452 e. The molecule has 4 nitrogen and oxygen atoms in total. The number of carbonyl (C=O) groups is 2. The monoisotopic (exact) mass is 323 g/mol. The van der Waals surface area contributed by atoms with E-state index in [1.165, 1.54) is 12.1 Å². The topological polar surface area (TPSA) is 55.4 Å². The molecule has 0 unspecified atom stereocenters. The minimum absolute atomic E-state index is 0.0197. The Hall–Kier alpha value is -2.83. The molecule has 0 bridgehead atoms. The van der Waals surface area contributed by atoms with Crippen molar-refractivity contribution in [2.75, 3.05) is 11.9 Å². The summed E-state index contributed by atoms with van der Waals surface area (Å²) in [5, 5.41) is 2.24. The summed E-state index contributed by atoms with van der Waals surface area (Å²) in [6.07, 6.45) is 0. The first kappa shape index (κ1) is 16.5. The number of esters is 1. The van der Waals surface area contributed by atoms with Crippen LogP contribution in [0, 0.1) is 24.4 Å². The Morgan fingerprint density at radius 3 is 2.39 bits per heavy atom. The van der Waals surface area contributed by atoms with Gasteiger partial charge in [-0.15, -0.1) is 0 Å². The lowest BCUT2D eigenvalue weighted by molar-refractivity contribution is -0.119. The Kier molecular flexibility index (Phi) is 5.00. The van der Waals surface area contributed by atoms with Crippen molar-refractivity contribution in [2.24, 2.45) is 0 Å². The first-order valence-corrected chi connectivity index (χ1v) is 6.55. The number of ether oxygens (including phenoxy) is 1. The molecule has 0 fully saturated rings. The first-order valence-electron chi connectivity index (χ1n) is 6.55. The molecule has 0 radical (unpaired) electrons. The molecule has 0 atom stereocenters. The van der Waals surface area contributed by atoms with Gasteiger partial charge in [0.05, 0.1) is 5.56 Å². The van der Waals surface area contributed by atoms with E-state index in [2.05, 4.69) is 5.32 Å². The van der Waals surface area contributed by atoms with Crippen molar-refractivity contribution in [2.45, 2.75) is 6.92 Å². The van der Waals surface area contributed by atoms with E-state index in [4.69, 9.17) is 4.74 Å². The number of halogens is 3. The van der Waals surface area contributed by atoms with E-state index in [0.717, 1.165) is 24.3 Å². The first-order chi connectivity index (χ1) is 10.9. The number of hydrogen-bond acceptors (Lipinski definition) is 3. The van der Waals surface area contributed by atoms with Gasteiger partial charge >= 0.3 is 5.97 Å². The average Bonchev–Trinajstić information content (AvgIpc) is 2.51. The number of anilines is 1. The quantitative estimate of drug-likeness (QED) is 0.879. The lowest BCUT2D eigenvalue weighted by atomic mass is 10.1. The van der Waals surface area contributed by atoms with Gasteiger partial charge in [-0.25, -0.2) is 18.0 Å². The van der Waals surface area contributed by atoms with Gasteiger partial charge in [-0.05, 0) is 36.8 Å². The van der Waals surface area contributed by atoms with Crippen LogP contribution in [0.4, 0.5) is 18.9 Å². The molecule has 1 amide bonds. The van der Waals surface area contributed by atoms with Gasteiger partial charge in [0.2, 0.25) is 0 Å².